The van der Waals surface area contributed by atoms with E-state index >= 15 is 0 Å². The van der Waals surface area contributed by atoms with Gasteiger partial charge < -0.3 is 15.2 Å². The fourth-order valence-electron chi connectivity index (χ4n) is 2.92. The summed E-state index contributed by atoms with van der Waals surface area (Å²) in [5, 5.41) is 1.28. The van der Waals surface area contributed by atoms with Crippen LogP contribution in [-0.4, -0.2) is 62.8 Å². The molecular formula is C15H20N6O5. The summed E-state index contributed by atoms with van der Waals surface area (Å²) >= 11 is 0. The zero-order valence-corrected chi connectivity index (χ0v) is 14.7. The standard InChI is InChI=1S/C15H20N6O5/c1-4-24-13(22)9-6-15(26-20(9)3,14(23)25-5-2)21-8-19-10-11(16)17-7-18-12(10)21/h7-9H,4-6H2,1-3H3,(H2,16,17,18)/t9-,15+/m1/s1. The number of likely N-dealkylation sites (N-methyl/N-ethyl adjacent to an activating group) is 1. The number of aromatic nitrogens is 4. The number of anilines is 1. The van der Waals surface area contributed by atoms with Crippen molar-refractivity contribution >= 4 is 28.9 Å². The van der Waals surface area contributed by atoms with Gasteiger partial charge in [0.05, 0.1) is 13.2 Å². The number of fused-ring (bicyclic) bond motifs is 1. The highest BCUT2D eigenvalue weighted by molar-refractivity contribution is 5.86. The van der Waals surface area contributed by atoms with Crippen molar-refractivity contribution in [1.29, 1.82) is 0 Å². The average molecular weight is 364 g/mol. The normalized spacial score (nSPS) is 23.3. The lowest BCUT2D eigenvalue weighted by molar-refractivity contribution is -0.236. The van der Waals surface area contributed by atoms with Crippen LogP contribution in [0.5, 0.6) is 0 Å². The summed E-state index contributed by atoms with van der Waals surface area (Å²) in [6.07, 6.45) is 2.60. The Labute approximate surface area is 149 Å². The second-order valence-corrected chi connectivity index (χ2v) is 5.66. The van der Waals surface area contributed by atoms with Crippen LogP contribution < -0.4 is 5.73 Å². The van der Waals surface area contributed by atoms with Crippen molar-refractivity contribution in [3.8, 4) is 0 Å². The van der Waals surface area contributed by atoms with Crippen molar-refractivity contribution in [1.82, 2.24) is 24.6 Å². The Balaban J connectivity index is 2.10. The molecule has 2 N–H and O–H groups in total. The van der Waals surface area contributed by atoms with Crippen molar-refractivity contribution in [2.24, 2.45) is 0 Å². The monoisotopic (exact) mass is 364 g/mol. The van der Waals surface area contributed by atoms with Crippen molar-refractivity contribution in [3.63, 3.8) is 0 Å². The summed E-state index contributed by atoms with van der Waals surface area (Å²) in [7, 11) is 1.55. The maximum Gasteiger partial charge on any atom is 0.362 e. The Hall–Kier alpha value is -2.79. The lowest BCUT2D eigenvalue weighted by atomic mass is 10.0. The molecule has 2 aromatic rings. The highest BCUT2D eigenvalue weighted by atomic mass is 16.7. The minimum absolute atomic E-state index is 0.0312. The number of carbonyl (C=O) groups is 2. The number of nitrogen functional groups attached to an aromatic ring is 1. The highest BCUT2D eigenvalue weighted by Crippen LogP contribution is 2.38. The quantitative estimate of drug-likeness (QED) is 0.712. The van der Waals surface area contributed by atoms with Crippen LogP contribution in [0.2, 0.25) is 0 Å². The van der Waals surface area contributed by atoms with Gasteiger partial charge in [-0.1, -0.05) is 0 Å². The van der Waals surface area contributed by atoms with Gasteiger partial charge in [-0.3, -0.25) is 14.2 Å². The van der Waals surface area contributed by atoms with E-state index in [1.165, 1.54) is 22.3 Å². The molecule has 2 atom stereocenters. The topological polar surface area (TPSA) is 135 Å². The van der Waals surface area contributed by atoms with Gasteiger partial charge in [-0.25, -0.2) is 19.7 Å². The van der Waals surface area contributed by atoms with Crippen LogP contribution in [0, 0.1) is 0 Å². The van der Waals surface area contributed by atoms with Gasteiger partial charge in [0.15, 0.2) is 11.5 Å². The van der Waals surface area contributed by atoms with E-state index in [4.69, 9.17) is 20.0 Å². The van der Waals surface area contributed by atoms with Crippen LogP contribution in [0.3, 0.4) is 0 Å². The summed E-state index contributed by atoms with van der Waals surface area (Å²) < 4.78 is 11.7. The molecule has 1 aliphatic heterocycles. The third kappa shape index (κ3) is 2.74. The van der Waals surface area contributed by atoms with Gasteiger partial charge in [-0.15, -0.1) is 0 Å². The third-order valence-corrected chi connectivity index (χ3v) is 4.11. The zero-order valence-electron chi connectivity index (χ0n) is 14.7. The molecule has 1 saturated heterocycles. The molecule has 0 aliphatic carbocycles. The maximum absolute atomic E-state index is 12.8. The molecule has 0 amide bonds. The van der Waals surface area contributed by atoms with E-state index in [1.807, 2.05) is 0 Å². The van der Waals surface area contributed by atoms with Gasteiger partial charge in [-0.2, -0.15) is 5.06 Å². The Morgan fingerprint density at radius 2 is 2.04 bits per heavy atom. The third-order valence-electron chi connectivity index (χ3n) is 4.11. The summed E-state index contributed by atoms with van der Waals surface area (Å²) in [5.41, 5.74) is 4.78. The summed E-state index contributed by atoms with van der Waals surface area (Å²) in [6, 6.07) is -0.795. The molecule has 1 aliphatic rings. The Bertz CT molecular complexity index is 839. The first-order valence-electron chi connectivity index (χ1n) is 8.14. The van der Waals surface area contributed by atoms with Gasteiger partial charge in [0.2, 0.25) is 0 Å². The largest absolute Gasteiger partial charge is 0.465 e. The molecule has 2 aromatic heterocycles. The molecule has 1 fully saturated rings. The molecule has 11 heteroatoms. The number of esters is 2. The number of hydrogen-bond acceptors (Lipinski definition) is 10. The van der Waals surface area contributed by atoms with Crippen LogP contribution in [0.4, 0.5) is 5.82 Å². The van der Waals surface area contributed by atoms with Gasteiger partial charge in [0, 0.05) is 13.5 Å². The molecule has 0 bridgehead atoms. The van der Waals surface area contributed by atoms with Crippen LogP contribution >= 0.6 is 0 Å². The number of rotatable bonds is 5. The first-order valence-corrected chi connectivity index (χ1v) is 8.14. The predicted octanol–water partition coefficient (Wildman–Crippen LogP) is -0.177. The Morgan fingerprint density at radius 3 is 2.73 bits per heavy atom. The second kappa shape index (κ2) is 6.84. The maximum atomic E-state index is 12.8. The molecule has 0 aromatic carbocycles. The Morgan fingerprint density at radius 1 is 1.31 bits per heavy atom. The van der Waals surface area contributed by atoms with Crippen molar-refractivity contribution in [2.45, 2.75) is 32.0 Å². The highest BCUT2D eigenvalue weighted by Gasteiger charge is 2.56. The first-order chi connectivity index (χ1) is 12.4. The van der Waals surface area contributed by atoms with E-state index in [-0.39, 0.29) is 25.5 Å². The van der Waals surface area contributed by atoms with Gasteiger partial charge in [0.1, 0.15) is 24.2 Å². The van der Waals surface area contributed by atoms with E-state index in [0.717, 1.165) is 0 Å². The SMILES string of the molecule is CCOC(=O)[C@H]1C[C@](C(=O)OCC)(n2cnc3c(N)ncnc32)ON1C. The fraction of sp³-hybridized carbons (Fsp3) is 0.533. The van der Waals surface area contributed by atoms with E-state index in [0.29, 0.717) is 11.2 Å². The minimum atomic E-state index is -1.66. The van der Waals surface area contributed by atoms with E-state index in [9.17, 15) is 9.59 Å². The molecule has 26 heavy (non-hydrogen) atoms. The first kappa shape index (κ1) is 18.0. The fourth-order valence-corrected chi connectivity index (χ4v) is 2.92. The average Bonchev–Trinajstić information content (AvgIpc) is 3.18. The number of hydroxylamine groups is 2. The zero-order chi connectivity index (χ0) is 18.9. The Kier molecular flexibility index (Phi) is 4.74. The van der Waals surface area contributed by atoms with E-state index in [2.05, 4.69) is 15.0 Å². The molecule has 0 saturated carbocycles. The number of hydrogen-bond donors (Lipinski definition) is 1. The number of nitrogens with two attached hydrogens (primary N) is 1. The number of carbonyl (C=O) groups excluding carboxylic acids is 2. The van der Waals surface area contributed by atoms with Crippen molar-refractivity contribution in [2.75, 3.05) is 26.0 Å². The van der Waals surface area contributed by atoms with Crippen LogP contribution in [0.1, 0.15) is 20.3 Å². The molecule has 140 valence electrons. The van der Waals surface area contributed by atoms with Gasteiger partial charge in [-0.05, 0) is 13.8 Å². The molecule has 0 radical (unpaired) electrons. The lowest BCUT2D eigenvalue weighted by Gasteiger charge is -2.27. The molecular weight excluding hydrogens is 344 g/mol. The summed E-state index contributed by atoms with van der Waals surface area (Å²) in [6.45, 7) is 3.74. The molecule has 3 rings (SSSR count). The number of imidazole rings is 1. The molecule has 0 unspecified atom stereocenters. The van der Waals surface area contributed by atoms with Crippen LogP contribution in [-0.2, 0) is 29.6 Å². The van der Waals surface area contributed by atoms with Crippen molar-refractivity contribution < 1.29 is 23.9 Å². The predicted molar refractivity (Wildman–Crippen MR) is 88.2 cm³/mol. The van der Waals surface area contributed by atoms with Crippen molar-refractivity contribution in [3.05, 3.63) is 12.7 Å². The van der Waals surface area contributed by atoms with Crippen LogP contribution in [0.25, 0.3) is 11.2 Å². The summed E-state index contributed by atoms with van der Waals surface area (Å²) in [4.78, 5) is 43.1. The number of ether oxygens (including phenoxy) is 2. The lowest BCUT2D eigenvalue weighted by Crippen LogP contribution is -2.43. The molecule has 0 spiro atoms. The van der Waals surface area contributed by atoms with E-state index < -0.39 is 23.7 Å². The summed E-state index contributed by atoms with van der Waals surface area (Å²) in [5.74, 6) is -1.00. The van der Waals surface area contributed by atoms with Crippen LogP contribution in [0.15, 0.2) is 12.7 Å². The molecule has 11 nitrogen and oxygen atoms in total. The second-order valence-electron chi connectivity index (χ2n) is 5.66. The van der Waals surface area contributed by atoms with E-state index in [1.54, 1.807) is 20.9 Å². The van der Waals surface area contributed by atoms with Gasteiger partial charge in [0.25, 0.3) is 5.72 Å². The smallest absolute Gasteiger partial charge is 0.362 e. The minimum Gasteiger partial charge on any atom is -0.465 e. The van der Waals surface area contributed by atoms with Gasteiger partial charge >= 0.3 is 11.9 Å². The number of nitrogens with zero attached hydrogens (tertiary/aromatic N) is 5. The molecule has 3 heterocycles.